The van der Waals surface area contributed by atoms with E-state index in [0.29, 0.717) is 12.3 Å². The Morgan fingerprint density at radius 2 is 1.75 bits per heavy atom. The zero-order valence-corrected chi connectivity index (χ0v) is 9.81. The summed E-state index contributed by atoms with van der Waals surface area (Å²) in [6.07, 6.45) is 0.371. The van der Waals surface area contributed by atoms with Crippen molar-refractivity contribution in [1.29, 1.82) is 0 Å². The van der Waals surface area contributed by atoms with Crippen LogP contribution in [0.1, 0.15) is 20.3 Å². The molecule has 0 fully saturated rings. The minimum atomic E-state index is -1.23. The van der Waals surface area contributed by atoms with Gasteiger partial charge in [-0.3, -0.25) is 0 Å². The topological polar surface area (TPSA) is 20.2 Å². The Hall–Kier alpha value is -0.263. The van der Waals surface area contributed by atoms with Gasteiger partial charge in [-0.05, 0) is 5.92 Å². The van der Waals surface area contributed by atoms with E-state index >= 15 is 0 Å². The summed E-state index contributed by atoms with van der Waals surface area (Å²) in [5, 5.41) is 9.44. The maximum absolute atomic E-state index is 9.44. The molecule has 0 saturated carbocycles. The van der Waals surface area contributed by atoms with E-state index in [9.17, 15) is 5.11 Å². The van der Waals surface area contributed by atoms with Gasteiger partial charge in [-0.15, -0.1) is 11.5 Å². The van der Waals surface area contributed by atoms with E-state index in [4.69, 9.17) is 0 Å². The lowest BCUT2D eigenvalue weighted by Crippen LogP contribution is -2.18. The summed E-state index contributed by atoms with van der Waals surface area (Å²) in [7, 11) is -1.23. The predicted molar refractivity (Wildman–Crippen MR) is 56.6 cm³/mol. The second-order valence-corrected chi connectivity index (χ2v) is 9.32. The molecule has 1 nitrogen and oxygen atoms in total. The van der Waals surface area contributed by atoms with Gasteiger partial charge in [0.15, 0.2) is 0 Å². The van der Waals surface area contributed by atoms with E-state index in [1.807, 2.05) is 13.8 Å². The van der Waals surface area contributed by atoms with Crippen molar-refractivity contribution in [2.45, 2.75) is 46.0 Å². The normalized spacial score (nSPS) is 13.9. The summed E-state index contributed by atoms with van der Waals surface area (Å²) in [5.41, 5.74) is 3.24. The van der Waals surface area contributed by atoms with Crippen molar-refractivity contribution in [2.75, 3.05) is 0 Å². The number of aliphatic hydroxyl groups excluding tert-OH is 1. The van der Waals surface area contributed by atoms with Crippen molar-refractivity contribution in [1.82, 2.24) is 0 Å². The summed E-state index contributed by atoms with van der Waals surface area (Å²) in [6, 6.07) is 0. The minimum absolute atomic E-state index is 0.256. The Kier molecular flexibility index (Phi) is 4.58. The third kappa shape index (κ3) is 6.45. The Labute approximate surface area is 77.2 Å². The van der Waals surface area contributed by atoms with Crippen LogP contribution in [0.4, 0.5) is 0 Å². The van der Waals surface area contributed by atoms with Gasteiger partial charge in [0.1, 0.15) is 8.07 Å². The second kappa shape index (κ2) is 4.69. The van der Waals surface area contributed by atoms with Gasteiger partial charge in [0.25, 0.3) is 0 Å². The van der Waals surface area contributed by atoms with Crippen LogP contribution in [-0.2, 0) is 0 Å². The summed E-state index contributed by atoms with van der Waals surface area (Å²) in [4.78, 5) is 0. The fraction of sp³-hybridized carbons (Fsp3) is 0.800. The largest absolute Gasteiger partial charge is 0.392 e. The molecule has 0 rings (SSSR count). The van der Waals surface area contributed by atoms with Gasteiger partial charge < -0.3 is 5.11 Å². The SMILES string of the molecule is CC(C)C(O)CC#C[Si](C)(C)C. The third-order valence-electron chi connectivity index (χ3n) is 1.54. The molecule has 0 spiro atoms. The zero-order chi connectivity index (χ0) is 9.78. The highest BCUT2D eigenvalue weighted by Gasteiger charge is 2.09. The molecule has 0 aromatic heterocycles. The minimum Gasteiger partial charge on any atom is -0.392 e. The molecule has 1 unspecified atom stereocenters. The van der Waals surface area contributed by atoms with E-state index in [-0.39, 0.29) is 6.10 Å². The highest BCUT2D eigenvalue weighted by atomic mass is 28.3. The molecular weight excluding hydrogens is 164 g/mol. The fourth-order valence-electron chi connectivity index (χ4n) is 0.656. The van der Waals surface area contributed by atoms with Crippen LogP contribution in [0.15, 0.2) is 0 Å². The van der Waals surface area contributed by atoms with Crippen molar-refractivity contribution in [3.63, 3.8) is 0 Å². The molecule has 0 aromatic rings. The van der Waals surface area contributed by atoms with Crippen molar-refractivity contribution < 1.29 is 5.11 Å². The fourth-order valence-corrected chi connectivity index (χ4v) is 1.29. The zero-order valence-electron chi connectivity index (χ0n) is 8.81. The molecule has 0 aliphatic carbocycles. The molecule has 0 bridgehead atoms. The summed E-state index contributed by atoms with van der Waals surface area (Å²) in [6.45, 7) is 10.7. The van der Waals surface area contributed by atoms with Crippen LogP contribution in [0.25, 0.3) is 0 Å². The molecule has 0 heterocycles. The third-order valence-corrected chi connectivity index (χ3v) is 2.47. The number of rotatable bonds is 2. The number of aliphatic hydroxyl groups is 1. The quantitative estimate of drug-likeness (QED) is 0.515. The predicted octanol–water partition coefficient (Wildman–Crippen LogP) is 2.27. The van der Waals surface area contributed by atoms with Gasteiger partial charge in [-0.2, -0.15) is 0 Å². The number of hydrogen-bond acceptors (Lipinski definition) is 1. The highest BCUT2D eigenvalue weighted by molar-refractivity contribution is 6.83. The van der Waals surface area contributed by atoms with Crippen LogP contribution >= 0.6 is 0 Å². The molecule has 0 radical (unpaired) electrons. The van der Waals surface area contributed by atoms with E-state index in [2.05, 4.69) is 31.1 Å². The summed E-state index contributed by atoms with van der Waals surface area (Å²) >= 11 is 0. The molecule has 0 saturated heterocycles. The average Bonchev–Trinajstić information content (AvgIpc) is 1.84. The standard InChI is InChI=1S/C10H20OSi/c1-9(2)10(11)7-6-8-12(3,4)5/h9-11H,7H2,1-5H3. The smallest absolute Gasteiger partial charge is 0.129 e. The molecule has 1 atom stereocenters. The Bertz CT molecular complexity index is 180. The molecule has 0 aliphatic rings. The van der Waals surface area contributed by atoms with Crippen LogP contribution in [0.2, 0.25) is 19.6 Å². The van der Waals surface area contributed by atoms with E-state index < -0.39 is 8.07 Å². The van der Waals surface area contributed by atoms with E-state index in [1.165, 1.54) is 0 Å². The molecule has 70 valence electrons. The van der Waals surface area contributed by atoms with Gasteiger partial charge in [0, 0.05) is 6.42 Å². The first kappa shape index (κ1) is 11.7. The van der Waals surface area contributed by atoms with Crippen molar-refractivity contribution in [3.8, 4) is 11.5 Å². The van der Waals surface area contributed by atoms with Crippen LogP contribution in [-0.4, -0.2) is 19.3 Å². The average molecular weight is 184 g/mol. The first-order chi connectivity index (χ1) is 5.33. The number of hydrogen-bond donors (Lipinski definition) is 1. The lowest BCUT2D eigenvalue weighted by molar-refractivity contribution is 0.130. The van der Waals surface area contributed by atoms with Gasteiger partial charge in [0.2, 0.25) is 0 Å². The molecule has 2 heteroatoms. The maximum atomic E-state index is 9.44. The van der Waals surface area contributed by atoms with Crippen LogP contribution in [0.3, 0.4) is 0 Å². The molecule has 12 heavy (non-hydrogen) atoms. The Morgan fingerprint density at radius 1 is 1.25 bits per heavy atom. The van der Waals surface area contributed by atoms with E-state index in [0.717, 1.165) is 0 Å². The Morgan fingerprint density at radius 3 is 2.08 bits per heavy atom. The van der Waals surface area contributed by atoms with Crippen LogP contribution in [0.5, 0.6) is 0 Å². The first-order valence-corrected chi connectivity index (χ1v) is 8.01. The van der Waals surface area contributed by atoms with Gasteiger partial charge in [-0.25, -0.2) is 0 Å². The van der Waals surface area contributed by atoms with Crippen molar-refractivity contribution in [2.24, 2.45) is 5.92 Å². The first-order valence-electron chi connectivity index (χ1n) is 4.51. The molecule has 0 amide bonds. The summed E-state index contributed by atoms with van der Waals surface area (Å²) in [5.74, 6) is 3.39. The summed E-state index contributed by atoms with van der Waals surface area (Å²) < 4.78 is 0. The van der Waals surface area contributed by atoms with Gasteiger partial charge in [-0.1, -0.05) is 33.5 Å². The lowest BCUT2D eigenvalue weighted by atomic mass is 10.1. The van der Waals surface area contributed by atoms with Crippen LogP contribution in [0, 0.1) is 17.4 Å². The lowest BCUT2D eigenvalue weighted by Gasteiger charge is -2.10. The Balaban J connectivity index is 3.87. The van der Waals surface area contributed by atoms with Gasteiger partial charge >= 0.3 is 0 Å². The monoisotopic (exact) mass is 184 g/mol. The molecule has 0 aliphatic heterocycles. The molecule has 0 aromatic carbocycles. The van der Waals surface area contributed by atoms with Crippen molar-refractivity contribution >= 4 is 8.07 Å². The van der Waals surface area contributed by atoms with Crippen LogP contribution < -0.4 is 0 Å². The maximum Gasteiger partial charge on any atom is 0.129 e. The van der Waals surface area contributed by atoms with E-state index in [1.54, 1.807) is 0 Å². The molecular formula is C10H20OSi. The van der Waals surface area contributed by atoms with Crippen molar-refractivity contribution in [3.05, 3.63) is 0 Å². The van der Waals surface area contributed by atoms with Gasteiger partial charge in [0.05, 0.1) is 6.10 Å². The molecule has 1 N–H and O–H groups in total. The highest BCUT2D eigenvalue weighted by Crippen LogP contribution is 2.04. The second-order valence-electron chi connectivity index (χ2n) is 4.57.